The zero-order valence-corrected chi connectivity index (χ0v) is 12.3. The highest BCUT2D eigenvalue weighted by atomic mass is 16.2. The predicted octanol–water partition coefficient (Wildman–Crippen LogP) is 1.97. The van der Waals surface area contributed by atoms with Crippen molar-refractivity contribution in [3.8, 4) is 11.8 Å². The summed E-state index contributed by atoms with van der Waals surface area (Å²) in [6.07, 6.45) is 0.486. The summed E-state index contributed by atoms with van der Waals surface area (Å²) in [6.45, 7) is 4.51. The van der Waals surface area contributed by atoms with Crippen LogP contribution in [0.4, 0.5) is 4.79 Å². The number of benzene rings is 1. The van der Waals surface area contributed by atoms with E-state index in [9.17, 15) is 4.79 Å². The molecule has 0 bridgehead atoms. The third-order valence-electron chi connectivity index (χ3n) is 2.60. The number of hydrogen-bond donors (Lipinski definition) is 2. The van der Waals surface area contributed by atoms with Crippen LogP contribution < -0.4 is 5.32 Å². The second kappa shape index (κ2) is 8.23. The molecule has 1 aromatic carbocycles. The monoisotopic (exact) mass is 274 g/mol. The molecule has 0 saturated heterocycles. The van der Waals surface area contributed by atoms with E-state index in [1.54, 1.807) is 11.9 Å². The van der Waals surface area contributed by atoms with Gasteiger partial charge in [-0.25, -0.2) is 4.79 Å². The van der Waals surface area contributed by atoms with Crippen molar-refractivity contribution in [1.82, 2.24) is 10.2 Å². The Morgan fingerprint density at radius 3 is 2.55 bits per heavy atom. The molecule has 4 nitrogen and oxygen atoms in total. The smallest absolute Gasteiger partial charge is 0.317 e. The number of aliphatic hydroxyl groups is 1. The molecule has 0 aliphatic rings. The molecule has 1 aromatic rings. The molecular formula is C16H22N2O2. The van der Waals surface area contributed by atoms with Gasteiger partial charge in [0, 0.05) is 31.6 Å². The topological polar surface area (TPSA) is 52.6 Å². The summed E-state index contributed by atoms with van der Waals surface area (Å²) in [6, 6.07) is 7.83. The molecule has 0 spiro atoms. The third-order valence-corrected chi connectivity index (χ3v) is 2.60. The zero-order chi connectivity index (χ0) is 15.0. The Morgan fingerprint density at radius 2 is 2.00 bits per heavy atom. The van der Waals surface area contributed by atoms with Crippen molar-refractivity contribution in [2.45, 2.75) is 32.9 Å². The minimum Gasteiger partial charge on any atom is -0.395 e. The summed E-state index contributed by atoms with van der Waals surface area (Å²) < 4.78 is 0. The largest absolute Gasteiger partial charge is 0.395 e. The van der Waals surface area contributed by atoms with E-state index in [1.807, 2.05) is 38.1 Å². The van der Waals surface area contributed by atoms with E-state index in [2.05, 4.69) is 17.2 Å². The molecule has 0 fully saturated rings. The van der Waals surface area contributed by atoms with E-state index in [-0.39, 0.29) is 18.7 Å². The summed E-state index contributed by atoms with van der Waals surface area (Å²) in [7, 11) is 1.77. The first-order valence-corrected chi connectivity index (χ1v) is 6.73. The maximum Gasteiger partial charge on any atom is 0.317 e. The Bertz CT molecular complexity index is 483. The molecule has 0 unspecified atom stereocenters. The van der Waals surface area contributed by atoms with E-state index in [0.29, 0.717) is 13.0 Å². The molecular weight excluding hydrogens is 252 g/mol. The second-order valence-electron chi connectivity index (χ2n) is 4.93. The van der Waals surface area contributed by atoms with Crippen molar-refractivity contribution in [3.05, 3.63) is 35.4 Å². The van der Waals surface area contributed by atoms with Gasteiger partial charge in [0.1, 0.15) is 0 Å². The first-order valence-electron chi connectivity index (χ1n) is 6.73. The minimum atomic E-state index is -0.0770. The van der Waals surface area contributed by atoms with Crippen LogP contribution in [0.25, 0.3) is 0 Å². The number of nitrogens with one attached hydrogen (secondary N) is 1. The van der Waals surface area contributed by atoms with Gasteiger partial charge in [-0.15, -0.1) is 0 Å². The summed E-state index contributed by atoms with van der Waals surface area (Å²) in [5.41, 5.74) is 1.97. The van der Waals surface area contributed by atoms with Crippen molar-refractivity contribution >= 4 is 6.03 Å². The number of amides is 2. The van der Waals surface area contributed by atoms with Crippen molar-refractivity contribution in [2.24, 2.45) is 0 Å². The average molecular weight is 274 g/mol. The Hall–Kier alpha value is -1.99. The fourth-order valence-electron chi connectivity index (χ4n) is 1.62. The van der Waals surface area contributed by atoms with E-state index in [4.69, 9.17) is 5.11 Å². The molecule has 4 heteroatoms. The van der Waals surface area contributed by atoms with Gasteiger partial charge in [0.05, 0.1) is 6.61 Å². The quantitative estimate of drug-likeness (QED) is 0.825. The summed E-state index contributed by atoms with van der Waals surface area (Å²) in [5, 5.41) is 11.5. The molecule has 0 atom stereocenters. The van der Waals surface area contributed by atoms with Crippen molar-refractivity contribution in [1.29, 1.82) is 0 Å². The van der Waals surface area contributed by atoms with Crippen molar-refractivity contribution in [2.75, 3.05) is 13.7 Å². The lowest BCUT2D eigenvalue weighted by molar-refractivity contribution is 0.204. The lowest BCUT2D eigenvalue weighted by Crippen LogP contribution is -2.40. The molecule has 108 valence electrons. The standard InChI is InChI=1S/C16H22N2O2/c1-13(2)17-16(20)18(3)12-15-9-7-14(8-10-15)6-4-5-11-19/h7-10,13,19H,5,11-12H2,1-3H3,(H,17,20). The van der Waals surface area contributed by atoms with Crippen LogP contribution in [0.15, 0.2) is 24.3 Å². The number of carbonyl (C=O) groups is 1. The molecule has 20 heavy (non-hydrogen) atoms. The second-order valence-corrected chi connectivity index (χ2v) is 4.93. The molecule has 0 aromatic heterocycles. The average Bonchev–Trinajstić information content (AvgIpc) is 2.40. The molecule has 2 amide bonds. The van der Waals surface area contributed by atoms with Gasteiger partial charge in [-0.1, -0.05) is 24.0 Å². The van der Waals surface area contributed by atoms with Gasteiger partial charge < -0.3 is 15.3 Å². The van der Waals surface area contributed by atoms with Crippen LogP contribution in [0.1, 0.15) is 31.4 Å². The molecule has 1 rings (SSSR count). The van der Waals surface area contributed by atoms with Gasteiger partial charge in [-0.3, -0.25) is 0 Å². The van der Waals surface area contributed by atoms with Crippen LogP contribution in [0.2, 0.25) is 0 Å². The Balaban J connectivity index is 2.57. The predicted molar refractivity (Wildman–Crippen MR) is 80.2 cm³/mol. The fraction of sp³-hybridized carbons (Fsp3) is 0.438. The maximum absolute atomic E-state index is 11.8. The molecule has 0 saturated carbocycles. The van der Waals surface area contributed by atoms with Gasteiger partial charge in [0.2, 0.25) is 0 Å². The van der Waals surface area contributed by atoms with Gasteiger partial charge in [-0.2, -0.15) is 0 Å². The Morgan fingerprint density at radius 1 is 1.35 bits per heavy atom. The Labute approximate surface area is 120 Å². The van der Waals surface area contributed by atoms with E-state index >= 15 is 0 Å². The lowest BCUT2D eigenvalue weighted by Gasteiger charge is -2.19. The fourth-order valence-corrected chi connectivity index (χ4v) is 1.62. The third kappa shape index (κ3) is 5.77. The number of urea groups is 1. The molecule has 0 heterocycles. The van der Waals surface area contributed by atoms with Crippen molar-refractivity contribution < 1.29 is 9.90 Å². The number of nitrogens with zero attached hydrogens (tertiary/aromatic N) is 1. The lowest BCUT2D eigenvalue weighted by atomic mass is 10.1. The number of hydrogen-bond acceptors (Lipinski definition) is 2. The summed E-state index contributed by atoms with van der Waals surface area (Å²) in [5.74, 6) is 5.85. The highest BCUT2D eigenvalue weighted by molar-refractivity contribution is 5.74. The van der Waals surface area contributed by atoms with Crippen LogP contribution >= 0.6 is 0 Å². The van der Waals surface area contributed by atoms with Crippen LogP contribution in [0.3, 0.4) is 0 Å². The number of carbonyl (C=O) groups excluding carboxylic acids is 1. The van der Waals surface area contributed by atoms with Crippen LogP contribution in [0.5, 0.6) is 0 Å². The first-order chi connectivity index (χ1) is 9.52. The van der Waals surface area contributed by atoms with E-state index in [1.165, 1.54) is 0 Å². The van der Waals surface area contributed by atoms with Crippen molar-refractivity contribution in [3.63, 3.8) is 0 Å². The first kappa shape index (κ1) is 16.1. The normalized spacial score (nSPS) is 9.85. The van der Waals surface area contributed by atoms with Crippen LogP contribution in [-0.4, -0.2) is 35.7 Å². The SMILES string of the molecule is CC(C)NC(=O)N(C)Cc1ccc(C#CCCO)cc1. The van der Waals surface area contributed by atoms with E-state index in [0.717, 1.165) is 11.1 Å². The summed E-state index contributed by atoms with van der Waals surface area (Å²) >= 11 is 0. The molecule has 0 radical (unpaired) electrons. The van der Waals surface area contributed by atoms with Gasteiger partial charge >= 0.3 is 6.03 Å². The highest BCUT2D eigenvalue weighted by Crippen LogP contribution is 2.06. The van der Waals surface area contributed by atoms with Crippen LogP contribution in [-0.2, 0) is 6.54 Å². The van der Waals surface area contributed by atoms with E-state index < -0.39 is 0 Å². The molecule has 2 N–H and O–H groups in total. The number of rotatable bonds is 4. The highest BCUT2D eigenvalue weighted by Gasteiger charge is 2.09. The molecule has 0 aliphatic carbocycles. The summed E-state index contributed by atoms with van der Waals surface area (Å²) in [4.78, 5) is 13.4. The number of aliphatic hydroxyl groups excluding tert-OH is 1. The Kier molecular flexibility index (Phi) is 6.61. The van der Waals surface area contributed by atoms with Crippen LogP contribution in [0, 0.1) is 11.8 Å². The van der Waals surface area contributed by atoms with Gasteiger partial charge in [-0.05, 0) is 31.5 Å². The van der Waals surface area contributed by atoms with Gasteiger partial charge in [0.15, 0.2) is 0 Å². The molecule has 0 aliphatic heterocycles. The van der Waals surface area contributed by atoms with Gasteiger partial charge in [0.25, 0.3) is 0 Å². The zero-order valence-electron chi connectivity index (χ0n) is 12.3. The maximum atomic E-state index is 11.8. The minimum absolute atomic E-state index is 0.0770.